The standard InChI is InChI=1S/C13H17N3O4S/c1-21(19,20)11-4-2-3-10(7-11)14-8-12(17)16-13(18)15-9-5-6-9/h2-4,7,9,14H,5-6,8H2,1H3,(H2,15,16,17,18). The number of hydrogen-bond donors (Lipinski definition) is 3. The number of sulfone groups is 1. The fourth-order valence-electron chi connectivity index (χ4n) is 1.64. The maximum atomic E-state index is 11.6. The quantitative estimate of drug-likeness (QED) is 0.734. The summed E-state index contributed by atoms with van der Waals surface area (Å²) >= 11 is 0. The number of nitrogens with one attached hydrogen (secondary N) is 3. The summed E-state index contributed by atoms with van der Waals surface area (Å²) in [6.07, 6.45) is 3.00. The number of carbonyl (C=O) groups excluding carboxylic acids is 2. The van der Waals surface area contributed by atoms with Crippen LogP contribution in [0, 0.1) is 0 Å². The summed E-state index contributed by atoms with van der Waals surface area (Å²) in [4.78, 5) is 23.1. The molecule has 7 nitrogen and oxygen atoms in total. The van der Waals surface area contributed by atoms with Gasteiger partial charge in [0, 0.05) is 18.0 Å². The van der Waals surface area contributed by atoms with Crippen molar-refractivity contribution in [2.75, 3.05) is 18.1 Å². The fraction of sp³-hybridized carbons (Fsp3) is 0.385. The number of urea groups is 1. The molecule has 1 aliphatic rings. The Kier molecular flexibility index (Phi) is 4.46. The van der Waals surface area contributed by atoms with Gasteiger partial charge >= 0.3 is 6.03 Å². The van der Waals surface area contributed by atoms with Gasteiger partial charge in [0.2, 0.25) is 5.91 Å². The van der Waals surface area contributed by atoms with Crippen molar-refractivity contribution in [1.82, 2.24) is 10.6 Å². The van der Waals surface area contributed by atoms with Gasteiger partial charge in [0.25, 0.3) is 0 Å². The first-order valence-electron chi connectivity index (χ1n) is 6.49. The molecule has 0 atom stereocenters. The van der Waals surface area contributed by atoms with Crippen molar-refractivity contribution in [3.8, 4) is 0 Å². The van der Waals surface area contributed by atoms with Gasteiger partial charge in [0.15, 0.2) is 9.84 Å². The van der Waals surface area contributed by atoms with E-state index in [0.29, 0.717) is 5.69 Å². The second-order valence-electron chi connectivity index (χ2n) is 4.95. The number of rotatable bonds is 5. The smallest absolute Gasteiger partial charge is 0.321 e. The van der Waals surface area contributed by atoms with E-state index in [1.165, 1.54) is 12.1 Å². The Hall–Kier alpha value is -2.09. The van der Waals surface area contributed by atoms with E-state index in [4.69, 9.17) is 0 Å². The van der Waals surface area contributed by atoms with Crippen molar-refractivity contribution in [2.24, 2.45) is 0 Å². The van der Waals surface area contributed by atoms with Gasteiger partial charge in [-0.15, -0.1) is 0 Å². The first-order chi connectivity index (χ1) is 9.84. The normalized spacial score (nSPS) is 14.3. The average molecular weight is 311 g/mol. The molecule has 2 rings (SSSR count). The van der Waals surface area contributed by atoms with Gasteiger partial charge in [0.05, 0.1) is 11.4 Å². The van der Waals surface area contributed by atoms with Crippen LogP contribution in [-0.4, -0.2) is 39.2 Å². The maximum absolute atomic E-state index is 11.6. The molecule has 1 aromatic rings. The summed E-state index contributed by atoms with van der Waals surface area (Å²) in [5.41, 5.74) is 0.496. The average Bonchev–Trinajstić information content (AvgIpc) is 3.19. The zero-order valence-corrected chi connectivity index (χ0v) is 12.4. The van der Waals surface area contributed by atoms with Crippen LogP contribution in [0.4, 0.5) is 10.5 Å². The van der Waals surface area contributed by atoms with E-state index in [1.54, 1.807) is 12.1 Å². The minimum atomic E-state index is -3.29. The van der Waals surface area contributed by atoms with E-state index in [-0.39, 0.29) is 17.5 Å². The Morgan fingerprint density at radius 3 is 2.62 bits per heavy atom. The Morgan fingerprint density at radius 1 is 1.29 bits per heavy atom. The molecule has 1 fully saturated rings. The monoisotopic (exact) mass is 311 g/mol. The van der Waals surface area contributed by atoms with E-state index in [1.807, 2.05) is 0 Å². The van der Waals surface area contributed by atoms with Crippen molar-refractivity contribution < 1.29 is 18.0 Å². The van der Waals surface area contributed by atoms with Gasteiger partial charge in [0.1, 0.15) is 0 Å². The number of benzene rings is 1. The molecular weight excluding hydrogens is 294 g/mol. The molecule has 0 spiro atoms. The molecule has 114 valence electrons. The van der Waals surface area contributed by atoms with E-state index >= 15 is 0 Å². The van der Waals surface area contributed by atoms with Gasteiger partial charge in [-0.2, -0.15) is 0 Å². The lowest BCUT2D eigenvalue weighted by Crippen LogP contribution is -2.42. The van der Waals surface area contributed by atoms with Crippen molar-refractivity contribution >= 4 is 27.5 Å². The lowest BCUT2D eigenvalue weighted by Gasteiger charge is -2.08. The lowest BCUT2D eigenvalue weighted by molar-refractivity contribution is -0.118. The third-order valence-electron chi connectivity index (χ3n) is 2.88. The molecule has 0 aromatic heterocycles. The van der Waals surface area contributed by atoms with Crippen LogP contribution < -0.4 is 16.0 Å². The Balaban J connectivity index is 1.84. The second kappa shape index (κ2) is 6.13. The molecule has 0 radical (unpaired) electrons. The number of imide groups is 1. The van der Waals surface area contributed by atoms with E-state index in [0.717, 1.165) is 19.1 Å². The molecule has 0 unspecified atom stereocenters. The largest absolute Gasteiger partial charge is 0.376 e. The molecule has 3 N–H and O–H groups in total. The Bertz CT molecular complexity index is 653. The number of anilines is 1. The Labute approximate surface area is 123 Å². The van der Waals surface area contributed by atoms with Crippen LogP contribution in [0.1, 0.15) is 12.8 Å². The third-order valence-corrected chi connectivity index (χ3v) is 3.99. The van der Waals surface area contributed by atoms with E-state index < -0.39 is 21.8 Å². The topological polar surface area (TPSA) is 104 Å². The SMILES string of the molecule is CS(=O)(=O)c1cccc(NCC(=O)NC(=O)NC2CC2)c1. The van der Waals surface area contributed by atoms with Crippen LogP contribution in [0.3, 0.4) is 0 Å². The van der Waals surface area contributed by atoms with Gasteiger partial charge in [-0.25, -0.2) is 13.2 Å². The van der Waals surface area contributed by atoms with Crippen LogP contribution >= 0.6 is 0 Å². The maximum Gasteiger partial charge on any atom is 0.321 e. The summed E-state index contributed by atoms with van der Waals surface area (Å²) in [5, 5.41) is 7.61. The minimum Gasteiger partial charge on any atom is -0.376 e. The van der Waals surface area contributed by atoms with Gasteiger partial charge in [-0.3, -0.25) is 10.1 Å². The van der Waals surface area contributed by atoms with Crippen LogP contribution in [0.15, 0.2) is 29.2 Å². The summed E-state index contributed by atoms with van der Waals surface area (Å²) < 4.78 is 22.8. The number of carbonyl (C=O) groups is 2. The minimum absolute atomic E-state index is 0.120. The molecule has 1 aliphatic carbocycles. The van der Waals surface area contributed by atoms with Gasteiger partial charge < -0.3 is 10.6 Å². The fourth-order valence-corrected chi connectivity index (χ4v) is 2.31. The molecule has 0 aliphatic heterocycles. The summed E-state index contributed by atoms with van der Waals surface area (Å²) in [6, 6.07) is 5.81. The van der Waals surface area contributed by atoms with Crippen LogP contribution in [0.25, 0.3) is 0 Å². The van der Waals surface area contributed by atoms with Crippen molar-refractivity contribution in [1.29, 1.82) is 0 Å². The molecule has 3 amide bonds. The van der Waals surface area contributed by atoms with Gasteiger partial charge in [-0.1, -0.05) is 6.07 Å². The Morgan fingerprint density at radius 2 is 2.00 bits per heavy atom. The molecule has 0 bridgehead atoms. The highest BCUT2D eigenvalue weighted by atomic mass is 32.2. The molecule has 1 aromatic carbocycles. The second-order valence-corrected chi connectivity index (χ2v) is 6.97. The zero-order valence-electron chi connectivity index (χ0n) is 11.5. The highest BCUT2D eigenvalue weighted by molar-refractivity contribution is 7.90. The summed E-state index contributed by atoms with van der Waals surface area (Å²) in [7, 11) is -3.29. The first kappa shape index (κ1) is 15.3. The number of hydrogen-bond acceptors (Lipinski definition) is 5. The number of amides is 3. The third kappa shape index (κ3) is 5.07. The van der Waals surface area contributed by atoms with Gasteiger partial charge in [-0.05, 0) is 31.0 Å². The van der Waals surface area contributed by atoms with Crippen LogP contribution in [0.2, 0.25) is 0 Å². The molecule has 1 saturated carbocycles. The highest BCUT2D eigenvalue weighted by Gasteiger charge is 2.23. The van der Waals surface area contributed by atoms with Crippen molar-refractivity contribution in [3.63, 3.8) is 0 Å². The summed E-state index contributed by atoms with van der Waals surface area (Å²) in [6.45, 7) is -0.120. The lowest BCUT2D eigenvalue weighted by atomic mass is 10.3. The highest BCUT2D eigenvalue weighted by Crippen LogP contribution is 2.18. The molecule has 0 saturated heterocycles. The predicted octanol–water partition coefficient (Wildman–Crippen LogP) is 0.490. The van der Waals surface area contributed by atoms with E-state index in [9.17, 15) is 18.0 Å². The van der Waals surface area contributed by atoms with E-state index in [2.05, 4.69) is 16.0 Å². The van der Waals surface area contributed by atoms with Crippen LogP contribution in [0.5, 0.6) is 0 Å². The first-order valence-corrected chi connectivity index (χ1v) is 8.38. The van der Waals surface area contributed by atoms with Crippen LogP contribution in [-0.2, 0) is 14.6 Å². The molecule has 0 heterocycles. The molecule has 8 heteroatoms. The van der Waals surface area contributed by atoms with Crippen molar-refractivity contribution in [3.05, 3.63) is 24.3 Å². The zero-order chi connectivity index (χ0) is 15.5. The molecule has 21 heavy (non-hydrogen) atoms. The summed E-state index contributed by atoms with van der Waals surface area (Å²) in [5.74, 6) is -0.488. The van der Waals surface area contributed by atoms with Crippen molar-refractivity contribution in [2.45, 2.75) is 23.8 Å². The predicted molar refractivity (Wildman–Crippen MR) is 77.7 cm³/mol. The molecular formula is C13H17N3O4S.